The molecule has 0 saturated heterocycles. The van der Waals surface area contributed by atoms with Gasteiger partial charge in [0.15, 0.2) is 0 Å². The second-order valence-corrected chi connectivity index (χ2v) is 6.32. The van der Waals surface area contributed by atoms with Crippen LogP contribution in [0.2, 0.25) is 0 Å². The lowest BCUT2D eigenvalue weighted by molar-refractivity contribution is 0.194. The third-order valence-corrected chi connectivity index (χ3v) is 6.36. The van der Waals surface area contributed by atoms with Gasteiger partial charge in [0.05, 0.1) is 10.8 Å². The van der Waals surface area contributed by atoms with Crippen LogP contribution >= 0.6 is 0 Å². The van der Waals surface area contributed by atoms with Crippen molar-refractivity contribution in [3.05, 3.63) is 68.9 Å². The number of allylic oxidation sites excluding steroid dienone is 12. The maximum atomic E-state index is 2.37. The minimum Gasteiger partial charge on any atom is -0.0572 e. The van der Waals surface area contributed by atoms with Gasteiger partial charge in [0.1, 0.15) is 0 Å². The van der Waals surface area contributed by atoms with E-state index >= 15 is 0 Å². The Morgan fingerprint density at radius 3 is 1.28 bits per heavy atom. The van der Waals surface area contributed by atoms with Gasteiger partial charge in [-0.25, -0.2) is 0 Å². The summed E-state index contributed by atoms with van der Waals surface area (Å²) in [7, 11) is 0. The molecule has 0 aromatic heterocycles. The molecule has 0 bridgehead atoms. The van der Waals surface area contributed by atoms with E-state index in [2.05, 4.69) is 52.0 Å². The van der Waals surface area contributed by atoms with Gasteiger partial charge in [-0.2, -0.15) is 0 Å². The molecule has 2 spiro atoms. The van der Waals surface area contributed by atoms with Crippen LogP contribution in [-0.4, -0.2) is 0 Å². The summed E-state index contributed by atoms with van der Waals surface area (Å²) in [4.78, 5) is 0. The summed E-state index contributed by atoms with van der Waals surface area (Å²) < 4.78 is 0. The summed E-state index contributed by atoms with van der Waals surface area (Å²) in [6.07, 6.45) is 9.46. The Kier molecular flexibility index (Phi) is 1.14. The summed E-state index contributed by atoms with van der Waals surface area (Å²) >= 11 is 0. The monoisotopic (exact) mass is 232 g/mol. The predicted molar refractivity (Wildman–Crippen MR) is 73.9 cm³/mol. The fourth-order valence-corrected chi connectivity index (χ4v) is 5.48. The Labute approximate surface area is 108 Å². The topological polar surface area (TPSA) is 0 Å². The van der Waals surface area contributed by atoms with Gasteiger partial charge in [-0.05, 0) is 61.1 Å². The van der Waals surface area contributed by atoms with Crippen LogP contribution in [0, 0.1) is 10.8 Å². The highest BCUT2D eigenvalue weighted by atomic mass is 14.8. The quantitative estimate of drug-likeness (QED) is 0.580. The molecular formula is C18H16. The molecule has 0 heterocycles. The lowest BCUT2D eigenvalue weighted by Gasteiger charge is -2.71. The standard InChI is InChI=1S/C18H16/c1-9-11(3)17-13(9)5-7-15(17)16-8-6-14-10(2)12(4)18(14,16)17/h5-8H,1-4H3. The van der Waals surface area contributed by atoms with E-state index in [1.165, 1.54) is 11.1 Å². The molecule has 5 rings (SSSR count). The van der Waals surface area contributed by atoms with Crippen LogP contribution in [0.15, 0.2) is 68.9 Å². The second-order valence-electron chi connectivity index (χ2n) is 6.32. The molecule has 5 aliphatic rings. The fourth-order valence-electron chi connectivity index (χ4n) is 5.48. The highest BCUT2D eigenvalue weighted by Gasteiger charge is 2.78. The van der Waals surface area contributed by atoms with Gasteiger partial charge >= 0.3 is 0 Å². The maximum absolute atomic E-state index is 2.37. The predicted octanol–water partition coefficient (Wildman–Crippen LogP) is 4.41. The van der Waals surface area contributed by atoms with E-state index in [1.54, 1.807) is 33.4 Å². The van der Waals surface area contributed by atoms with Crippen molar-refractivity contribution in [3.8, 4) is 0 Å². The molecule has 18 heavy (non-hydrogen) atoms. The van der Waals surface area contributed by atoms with E-state index in [0.717, 1.165) is 0 Å². The first-order chi connectivity index (χ1) is 8.59. The Hall–Kier alpha value is -1.56. The van der Waals surface area contributed by atoms with Gasteiger partial charge in [0.25, 0.3) is 0 Å². The van der Waals surface area contributed by atoms with Gasteiger partial charge in [0.2, 0.25) is 0 Å². The van der Waals surface area contributed by atoms with Gasteiger partial charge in [-0.3, -0.25) is 0 Å². The zero-order chi connectivity index (χ0) is 12.4. The van der Waals surface area contributed by atoms with Crippen LogP contribution in [0.3, 0.4) is 0 Å². The van der Waals surface area contributed by atoms with E-state index in [4.69, 9.17) is 0 Å². The van der Waals surface area contributed by atoms with Crippen molar-refractivity contribution in [2.24, 2.45) is 10.8 Å². The molecule has 0 aromatic carbocycles. The molecule has 0 N–H and O–H groups in total. The van der Waals surface area contributed by atoms with E-state index in [1.807, 2.05) is 0 Å². The van der Waals surface area contributed by atoms with Crippen LogP contribution in [0.25, 0.3) is 0 Å². The number of rotatable bonds is 0. The summed E-state index contributed by atoms with van der Waals surface area (Å²) in [6.45, 7) is 9.25. The molecule has 0 aromatic rings. The molecule has 0 aliphatic heterocycles. The van der Waals surface area contributed by atoms with E-state index in [-0.39, 0.29) is 10.8 Å². The lowest BCUT2D eigenvalue weighted by atomic mass is 9.30. The highest BCUT2D eigenvalue weighted by Crippen LogP contribution is 2.87. The molecule has 2 unspecified atom stereocenters. The Morgan fingerprint density at radius 2 is 0.889 bits per heavy atom. The molecule has 0 radical (unpaired) electrons. The number of fused-ring (bicyclic) bond motifs is 1. The fraction of sp³-hybridized carbons (Fsp3) is 0.333. The largest absolute Gasteiger partial charge is 0.0594 e. The molecule has 0 nitrogen and oxygen atoms in total. The van der Waals surface area contributed by atoms with Crippen LogP contribution in [-0.2, 0) is 0 Å². The average molecular weight is 232 g/mol. The Balaban J connectivity index is 1.91. The van der Waals surface area contributed by atoms with Crippen LogP contribution in [0.4, 0.5) is 0 Å². The zero-order valence-corrected chi connectivity index (χ0v) is 11.3. The molecule has 0 amide bonds. The summed E-state index contributed by atoms with van der Waals surface area (Å²) in [6, 6.07) is 0. The first-order valence-corrected chi connectivity index (χ1v) is 6.82. The smallest absolute Gasteiger partial charge is 0.0572 e. The molecule has 1 fully saturated rings. The normalized spacial score (nSPS) is 41.6. The minimum absolute atomic E-state index is 0.259. The van der Waals surface area contributed by atoms with Gasteiger partial charge in [0, 0.05) is 0 Å². The Bertz CT molecular complexity index is 673. The zero-order valence-electron chi connectivity index (χ0n) is 11.3. The molecule has 1 saturated carbocycles. The minimum atomic E-state index is 0.259. The van der Waals surface area contributed by atoms with Crippen molar-refractivity contribution < 1.29 is 0 Å². The van der Waals surface area contributed by atoms with Crippen molar-refractivity contribution in [3.63, 3.8) is 0 Å². The first kappa shape index (κ1) is 9.38. The highest BCUT2D eigenvalue weighted by molar-refractivity contribution is 5.91. The summed E-state index contributed by atoms with van der Waals surface area (Å²) in [5, 5.41) is 0. The Morgan fingerprint density at radius 1 is 0.556 bits per heavy atom. The van der Waals surface area contributed by atoms with Crippen molar-refractivity contribution in [2.45, 2.75) is 27.7 Å². The second kappa shape index (κ2) is 2.18. The van der Waals surface area contributed by atoms with E-state index < -0.39 is 0 Å². The van der Waals surface area contributed by atoms with Crippen molar-refractivity contribution in [1.29, 1.82) is 0 Å². The van der Waals surface area contributed by atoms with Crippen LogP contribution in [0.5, 0.6) is 0 Å². The van der Waals surface area contributed by atoms with Gasteiger partial charge < -0.3 is 0 Å². The molecule has 88 valence electrons. The van der Waals surface area contributed by atoms with E-state index in [9.17, 15) is 0 Å². The third kappa shape index (κ3) is 0.484. The maximum Gasteiger partial charge on any atom is 0.0594 e. The van der Waals surface area contributed by atoms with Crippen molar-refractivity contribution >= 4 is 0 Å². The number of hydrogen-bond donors (Lipinski definition) is 0. The van der Waals surface area contributed by atoms with Gasteiger partial charge in [-0.15, -0.1) is 0 Å². The van der Waals surface area contributed by atoms with Crippen LogP contribution < -0.4 is 0 Å². The van der Waals surface area contributed by atoms with Gasteiger partial charge in [-0.1, -0.05) is 35.5 Å². The molecule has 2 atom stereocenters. The summed E-state index contributed by atoms with van der Waals surface area (Å²) in [5.74, 6) is 0. The average Bonchev–Trinajstić information content (AvgIpc) is 2.84. The van der Waals surface area contributed by atoms with Crippen LogP contribution in [0.1, 0.15) is 27.7 Å². The SMILES string of the molecule is CC1=C(C)C23C(=CC=C12)C1=CC=C2C(C)=C(C)C123. The first-order valence-electron chi connectivity index (χ1n) is 6.82. The third-order valence-electron chi connectivity index (χ3n) is 6.36. The van der Waals surface area contributed by atoms with Crippen molar-refractivity contribution in [2.75, 3.05) is 0 Å². The molecule has 0 heteroatoms. The molecule has 5 aliphatic carbocycles. The van der Waals surface area contributed by atoms with E-state index in [0.29, 0.717) is 0 Å². The number of hydrogen-bond acceptors (Lipinski definition) is 0. The lowest BCUT2D eigenvalue weighted by Crippen LogP contribution is -2.63. The molecular weight excluding hydrogens is 216 g/mol. The van der Waals surface area contributed by atoms with Crippen molar-refractivity contribution in [1.82, 2.24) is 0 Å². The summed E-state index contributed by atoms with van der Waals surface area (Å²) in [5.41, 5.74) is 13.1.